The number of rotatable bonds is 5. The summed E-state index contributed by atoms with van der Waals surface area (Å²) in [4.78, 5) is 33.7. The van der Waals surface area contributed by atoms with Crippen molar-refractivity contribution in [1.29, 1.82) is 0 Å². The minimum atomic E-state index is -0.133. The normalized spacial score (nSPS) is 15.6. The molecule has 0 radical (unpaired) electrons. The number of carbonyl (C=O) groups is 2. The third-order valence-electron chi connectivity index (χ3n) is 7.19. The van der Waals surface area contributed by atoms with Gasteiger partial charge in [0.15, 0.2) is 22.9 Å². The van der Waals surface area contributed by atoms with Gasteiger partial charge in [0, 0.05) is 36.7 Å². The topological polar surface area (TPSA) is 86.6 Å². The minimum Gasteiger partial charge on any atom is -0.486 e. The van der Waals surface area contributed by atoms with E-state index >= 15 is 0 Å². The molecule has 0 bridgehead atoms. The largest absolute Gasteiger partial charge is 0.486 e. The number of aryl methyl sites for hydroxylation is 1. The van der Waals surface area contributed by atoms with Crippen LogP contribution in [0.5, 0.6) is 11.5 Å². The van der Waals surface area contributed by atoms with Crippen LogP contribution in [0.4, 0.5) is 0 Å². The van der Waals surface area contributed by atoms with Crippen molar-refractivity contribution in [1.82, 2.24) is 19.7 Å². The van der Waals surface area contributed by atoms with E-state index in [4.69, 9.17) is 14.5 Å². The molecule has 6 rings (SSSR count). The first kappa shape index (κ1) is 23.2. The van der Waals surface area contributed by atoms with Crippen molar-refractivity contribution in [2.24, 2.45) is 5.92 Å². The quantitative estimate of drug-likeness (QED) is 0.375. The number of fused-ring (bicyclic) bond motifs is 2. The van der Waals surface area contributed by atoms with Crippen molar-refractivity contribution < 1.29 is 19.1 Å². The van der Waals surface area contributed by atoms with Crippen LogP contribution in [0.2, 0.25) is 0 Å². The number of carbonyl (C=O) groups excluding carboxylic acids is 2. The zero-order chi connectivity index (χ0) is 25.4. The van der Waals surface area contributed by atoms with E-state index in [2.05, 4.69) is 5.10 Å². The van der Waals surface area contributed by atoms with Crippen LogP contribution in [0, 0.1) is 5.92 Å². The van der Waals surface area contributed by atoms with Crippen LogP contribution in [-0.4, -0.2) is 57.7 Å². The third kappa shape index (κ3) is 4.33. The average molecular weight is 497 g/mol. The van der Waals surface area contributed by atoms with Crippen LogP contribution >= 0.6 is 0 Å². The predicted octanol–water partition coefficient (Wildman–Crippen LogP) is 4.62. The van der Waals surface area contributed by atoms with Crippen LogP contribution in [0.15, 0.2) is 60.8 Å². The highest BCUT2D eigenvalue weighted by Crippen LogP contribution is 2.33. The molecule has 4 aromatic rings. The molecule has 8 nitrogen and oxygen atoms in total. The number of benzene rings is 2. The number of piperidine rings is 1. The van der Waals surface area contributed by atoms with Crippen LogP contribution in [-0.2, 0) is 6.54 Å². The molecule has 2 aliphatic rings. The number of pyridine rings is 1. The van der Waals surface area contributed by atoms with E-state index in [9.17, 15) is 9.59 Å². The molecular formula is C29H28N4O4. The van der Waals surface area contributed by atoms with Crippen LogP contribution in [0.25, 0.3) is 22.3 Å². The van der Waals surface area contributed by atoms with Gasteiger partial charge in [0.05, 0.1) is 22.8 Å². The van der Waals surface area contributed by atoms with E-state index in [-0.39, 0.29) is 17.6 Å². The van der Waals surface area contributed by atoms with Gasteiger partial charge in [0.25, 0.3) is 5.91 Å². The molecular weight excluding hydrogens is 468 g/mol. The molecule has 0 unspecified atom stereocenters. The van der Waals surface area contributed by atoms with Crippen molar-refractivity contribution in [3.05, 3.63) is 71.9 Å². The van der Waals surface area contributed by atoms with Gasteiger partial charge in [0.1, 0.15) is 13.2 Å². The highest BCUT2D eigenvalue weighted by atomic mass is 16.6. The smallest absolute Gasteiger partial charge is 0.254 e. The molecule has 0 N–H and O–H groups in total. The average Bonchev–Trinajstić information content (AvgIpc) is 3.39. The molecule has 2 aromatic carbocycles. The van der Waals surface area contributed by atoms with Gasteiger partial charge >= 0.3 is 0 Å². The Bertz CT molecular complexity index is 1470. The highest BCUT2D eigenvalue weighted by molar-refractivity contribution is 6.06. The standard InChI is InChI=1S/C29H28N4O4/c1-2-33-28-23(18-30-33)22(17-24(31-28)19-6-4-3-5-7-19)29(35)32-12-10-20(11-13-32)27(34)21-8-9-25-26(16-21)37-15-14-36-25/h3-9,16-18,20H,2,10-15H2,1H3. The van der Waals surface area contributed by atoms with Crippen LogP contribution < -0.4 is 9.47 Å². The summed E-state index contributed by atoms with van der Waals surface area (Å²) >= 11 is 0. The van der Waals surface area contributed by atoms with E-state index in [1.54, 1.807) is 24.4 Å². The lowest BCUT2D eigenvalue weighted by atomic mass is 9.88. The number of amides is 1. The van der Waals surface area contributed by atoms with Gasteiger partial charge in [-0.25, -0.2) is 9.67 Å². The summed E-state index contributed by atoms with van der Waals surface area (Å²) < 4.78 is 13.0. The van der Waals surface area contributed by atoms with Crippen LogP contribution in [0.1, 0.15) is 40.5 Å². The maximum absolute atomic E-state index is 13.7. The number of aromatic nitrogens is 3. The second-order valence-corrected chi connectivity index (χ2v) is 9.41. The Balaban J connectivity index is 1.22. The first-order valence-electron chi connectivity index (χ1n) is 12.8. The maximum Gasteiger partial charge on any atom is 0.254 e. The van der Waals surface area contributed by atoms with E-state index < -0.39 is 0 Å². The summed E-state index contributed by atoms with van der Waals surface area (Å²) in [5.41, 5.74) is 3.63. The van der Waals surface area contributed by atoms with Crippen molar-refractivity contribution in [3.63, 3.8) is 0 Å². The SMILES string of the molecule is CCn1ncc2c(C(=O)N3CCC(C(=O)c4ccc5c(c4)OCCO5)CC3)cc(-c3ccccc3)nc21. The van der Waals surface area contributed by atoms with Gasteiger partial charge in [-0.15, -0.1) is 0 Å². The summed E-state index contributed by atoms with van der Waals surface area (Å²) in [6, 6.07) is 17.1. The van der Waals surface area contributed by atoms with E-state index in [0.29, 0.717) is 74.0 Å². The second kappa shape index (κ2) is 9.69. The fraction of sp³-hybridized carbons (Fsp3) is 0.310. The molecule has 2 aliphatic heterocycles. The Morgan fingerprint density at radius 1 is 0.973 bits per heavy atom. The van der Waals surface area contributed by atoms with Gasteiger partial charge in [-0.3, -0.25) is 9.59 Å². The Kier molecular flexibility index (Phi) is 6.08. The Hall–Kier alpha value is -4.20. The van der Waals surface area contributed by atoms with Gasteiger partial charge in [0.2, 0.25) is 0 Å². The van der Waals surface area contributed by atoms with Crippen molar-refractivity contribution in [2.75, 3.05) is 26.3 Å². The Morgan fingerprint density at radius 2 is 1.73 bits per heavy atom. The van der Waals surface area contributed by atoms with Gasteiger partial charge in [-0.05, 0) is 44.0 Å². The summed E-state index contributed by atoms with van der Waals surface area (Å²) in [7, 11) is 0. The summed E-state index contributed by atoms with van der Waals surface area (Å²) in [6.45, 7) is 4.71. The number of hydrogen-bond donors (Lipinski definition) is 0. The van der Waals surface area contributed by atoms with Gasteiger partial charge < -0.3 is 14.4 Å². The number of Topliss-reactive ketones (excluding diaryl/α,β-unsaturated/α-hetero) is 1. The maximum atomic E-state index is 13.7. The van der Waals surface area contributed by atoms with E-state index in [0.717, 1.165) is 16.6 Å². The molecule has 1 fully saturated rings. The van der Waals surface area contributed by atoms with E-state index in [1.165, 1.54) is 0 Å². The Morgan fingerprint density at radius 3 is 2.49 bits per heavy atom. The molecule has 1 saturated heterocycles. The Labute approximate surface area is 214 Å². The fourth-order valence-corrected chi connectivity index (χ4v) is 5.16. The molecule has 0 aliphatic carbocycles. The summed E-state index contributed by atoms with van der Waals surface area (Å²) in [5.74, 6) is 1.20. The zero-order valence-electron chi connectivity index (χ0n) is 20.7. The minimum absolute atomic E-state index is 0.0505. The molecule has 0 atom stereocenters. The van der Waals surface area contributed by atoms with Gasteiger partial charge in [-0.1, -0.05) is 30.3 Å². The molecule has 8 heteroatoms. The molecule has 1 amide bonds. The highest BCUT2D eigenvalue weighted by Gasteiger charge is 2.30. The summed E-state index contributed by atoms with van der Waals surface area (Å²) in [6.07, 6.45) is 2.96. The lowest BCUT2D eigenvalue weighted by Gasteiger charge is -2.31. The van der Waals surface area contributed by atoms with Crippen molar-refractivity contribution >= 4 is 22.7 Å². The molecule has 0 saturated carbocycles. The first-order chi connectivity index (χ1) is 18.1. The van der Waals surface area contributed by atoms with E-state index in [1.807, 2.05) is 52.9 Å². The molecule has 188 valence electrons. The van der Waals surface area contributed by atoms with Gasteiger partial charge in [-0.2, -0.15) is 5.10 Å². The lowest BCUT2D eigenvalue weighted by Crippen LogP contribution is -2.40. The van der Waals surface area contributed by atoms with Crippen LogP contribution in [0.3, 0.4) is 0 Å². The summed E-state index contributed by atoms with van der Waals surface area (Å²) in [5, 5.41) is 5.21. The number of ketones is 1. The van der Waals surface area contributed by atoms with Crippen molar-refractivity contribution in [2.45, 2.75) is 26.3 Å². The lowest BCUT2D eigenvalue weighted by molar-refractivity contribution is 0.0651. The fourth-order valence-electron chi connectivity index (χ4n) is 5.16. The first-order valence-corrected chi connectivity index (χ1v) is 12.8. The third-order valence-corrected chi connectivity index (χ3v) is 7.19. The van der Waals surface area contributed by atoms with Crippen molar-refractivity contribution in [3.8, 4) is 22.8 Å². The monoisotopic (exact) mass is 496 g/mol. The molecule has 4 heterocycles. The number of likely N-dealkylation sites (tertiary alicyclic amines) is 1. The molecule has 0 spiro atoms. The number of ether oxygens (including phenoxy) is 2. The molecule has 37 heavy (non-hydrogen) atoms. The zero-order valence-corrected chi connectivity index (χ0v) is 20.7. The second-order valence-electron chi connectivity index (χ2n) is 9.41. The number of hydrogen-bond acceptors (Lipinski definition) is 6. The molecule has 2 aromatic heterocycles. The number of nitrogens with zero attached hydrogens (tertiary/aromatic N) is 4. The predicted molar refractivity (Wildman–Crippen MR) is 139 cm³/mol.